The van der Waals surface area contributed by atoms with Crippen molar-refractivity contribution in [2.75, 3.05) is 27.2 Å². The van der Waals surface area contributed by atoms with Gasteiger partial charge in [-0.1, -0.05) is 114 Å². The number of nitrogens with one attached hydrogen (secondary N) is 5. The fourth-order valence-electron chi connectivity index (χ4n) is 9.78. The summed E-state index contributed by atoms with van der Waals surface area (Å²) in [7, 11) is 3.42. The number of hydrazone groups is 1. The van der Waals surface area contributed by atoms with Gasteiger partial charge < -0.3 is 48.0 Å². The minimum atomic E-state index is -0.917. The first-order valence-corrected chi connectivity index (χ1v) is 22.9. The molecular weight excluding hydrogens is 821 g/mol. The average molecular weight is 891 g/mol. The SMILES string of the molecule is CNCC(=O)NC(C(=O)N1Cc2cc([C@H]3C[C@@H](C(=O)NC(Cc4ccccc4)/C(N)=N/N)N(C(=O)[C@@H](NC)C(C)(C)C)C3)ccc2CC1C(=O)NC1CCCc2ccccc21)C(C)(C)C. The molecule has 1 aliphatic carbocycles. The molecule has 65 heavy (non-hydrogen) atoms. The summed E-state index contributed by atoms with van der Waals surface area (Å²) in [4.78, 5) is 74.8. The van der Waals surface area contributed by atoms with Crippen LogP contribution in [0.4, 0.5) is 0 Å². The molecular formula is C50H70N10O5. The standard InChI is InChI=1S/C50H70N10O5/c1-49(2,3)42(54-8)47(64)59-29-35(26-40(59)46(63)56-38(44(51)58-52)23-30-15-10-9-11-16-30)32-21-22-33-25-39(45(62)55-37-20-14-18-31-17-12-13-19-36(31)37)60(28-34(33)24-32)48(65)43(50(4,5)6)57-41(61)27-53-7/h9-13,15-17,19,21-22,24,35,37-40,42-43,53-54H,14,18,20,23,25-29,52H2,1-8H3,(H2,51,58)(H,55,62)(H,56,63)(H,57,61)/t35-,37?,38?,39?,40-,42+,43?/m0/s1. The summed E-state index contributed by atoms with van der Waals surface area (Å²) in [6.45, 7) is 12.1. The van der Waals surface area contributed by atoms with Crippen molar-refractivity contribution in [2.45, 2.75) is 129 Å². The molecule has 7 atom stereocenters. The van der Waals surface area contributed by atoms with E-state index in [1.807, 2.05) is 96.1 Å². The highest BCUT2D eigenvalue weighted by Gasteiger charge is 2.46. The number of hydrogen-bond donors (Lipinski definition) is 7. The fraction of sp³-hybridized carbons (Fsp3) is 0.520. The number of rotatable bonds is 14. The lowest BCUT2D eigenvalue weighted by molar-refractivity contribution is -0.147. The van der Waals surface area contributed by atoms with Crippen LogP contribution in [0.25, 0.3) is 0 Å². The summed E-state index contributed by atoms with van der Waals surface area (Å²) in [5.74, 6) is 3.99. The lowest BCUT2D eigenvalue weighted by Crippen LogP contribution is -2.61. The number of amidine groups is 1. The maximum absolute atomic E-state index is 14.9. The smallest absolute Gasteiger partial charge is 0.246 e. The normalized spacial score (nSPS) is 21.3. The number of nitrogens with zero attached hydrogens (tertiary/aromatic N) is 3. The van der Waals surface area contributed by atoms with Gasteiger partial charge in [-0.2, -0.15) is 5.10 Å². The van der Waals surface area contributed by atoms with Gasteiger partial charge in [0.15, 0.2) is 0 Å². The van der Waals surface area contributed by atoms with Crippen molar-refractivity contribution >= 4 is 35.4 Å². The molecule has 9 N–H and O–H groups in total. The van der Waals surface area contributed by atoms with Crippen molar-refractivity contribution in [3.63, 3.8) is 0 Å². The lowest BCUT2D eigenvalue weighted by atomic mass is 9.83. The summed E-state index contributed by atoms with van der Waals surface area (Å²) in [5, 5.41) is 19.1. The largest absolute Gasteiger partial charge is 0.384 e. The van der Waals surface area contributed by atoms with E-state index in [-0.39, 0.29) is 73.4 Å². The van der Waals surface area contributed by atoms with Crippen LogP contribution in [0, 0.1) is 10.8 Å². The zero-order valence-corrected chi connectivity index (χ0v) is 39.4. The first-order chi connectivity index (χ1) is 30.8. The molecule has 0 aromatic heterocycles. The summed E-state index contributed by atoms with van der Waals surface area (Å²) in [6, 6.07) is 19.8. The Balaban J connectivity index is 1.33. The first kappa shape index (κ1) is 48.7. The van der Waals surface area contributed by atoms with Crippen LogP contribution in [0.5, 0.6) is 0 Å². The molecule has 0 bridgehead atoms. The van der Waals surface area contributed by atoms with Crippen LogP contribution < -0.4 is 38.2 Å². The van der Waals surface area contributed by atoms with Gasteiger partial charge in [0.05, 0.1) is 24.7 Å². The number of carbonyl (C=O) groups excluding carboxylic acids is 5. The van der Waals surface area contributed by atoms with Gasteiger partial charge in [0.1, 0.15) is 24.0 Å². The van der Waals surface area contributed by atoms with Crippen molar-refractivity contribution in [3.8, 4) is 0 Å². The maximum atomic E-state index is 14.9. The third kappa shape index (κ3) is 11.4. The van der Waals surface area contributed by atoms with Crippen LogP contribution in [0.1, 0.15) is 106 Å². The van der Waals surface area contributed by atoms with Gasteiger partial charge in [0.2, 0.25) is 29.5 Å². The molecule has 6 rings (SSSR count). The third-order valence-corrected chi connectivity index (χ3v) is 13.3. The van der Waals surface area contributed by atoms with Crippen LogP contribution in [0.15, 0.2) is 77.9 Å². The van der Waals surface area contributed by atoms with E-state index >= 15 is 0 Å². The second kappa shape index (κ2) is 20.6. The Morgan fingerprint density at radius 3 is 2.12 bits per heavy atom. The number of likely N-dealkylation sites (tertiary alicyclic amines) is 1. The maximum Gasteiger partial charge on any atom is 0.246 e. The summed E-state index contributed by atoms with van der Waals surface area (Å²) in [6.07, 6.45) is 3.63. The molecule has 0 saturated carbocycles. The van der Waals surface area contributed by atoms with Gasteiger partial charge in [-0.15, -0.1) is 0 Å². The average Bonchev–Trinajstić information content (AvgIpc) is 3.73. The monoisotopic (exact) mass is 891 g/mol. The highest BCUT2D eigenvalue weighted by Crippen LogP contribution is 2.38. The van der Waals surface area contributed by atoms with E-state index < -0.39 is 41.0 Å². The van der Waals surface area contributed by atoms with Crippen LogP contribution in [0.2, 0.25) is 0 Å². The molecule has 0 radical (unpaired) electrons. The quantitative estimate of drug-likeness (QED) is 0.0547. The molecule has 1 fully saturated rings. The molecule has 0 spiro atoms. The van der Waals surface area contributed by atoms with Gasteiger partial charge in [0.25, 0.3) is 0 Å². The van der Waals surface area contributed by atoms with Gasteiger partial charge in [0, 0.05) is 25.4 Å². The van der Waals surface area contributed by atoms with E-state index in [4.69, 9.17) is 11.6 Å². The Bertz CT molecular complexity index is 2230. The molecule has 15 heteroatoms. The molecule has 3 aromatic carbocycles. The van der Waals surface area contributed by atoms with E-state index in [2.05, 4.69) is 49.9 Å². The van der Waals surface area contributed by atoms with Gasteiger partial charge >= 0.3 is 0 Å². The number of hydrogen-bond acceptors (Lipinski definition) is 9. The van der Waals surface area contributed by atoms with Crippen LogP contribution in [0.3, 0.4) is 0 Å². The van der Waals surface area contributed by atoms with Gasteiger partial charge in [-0.25, -0.2) is 0 Å². The molecule has 15 nitrogen and oxygen atoms in total. The summed E-state index contributed by atoms with van der Waals surface area (Å²) >= 11 is 0. The molecule has 2 aliphatic heterocycles. The molecule has 350 valence electrons. The minimum Gasteiger partial charge on any atom is -0.384 e. The zero-order valence-electron chi connectivity index (χ0n) is 39.4. The molecule has 1 saturated heterocycles. The molecule has 4 unspecified atom stereocenters. The van der Waals surface area contributed by atoms with Crippen molar-refractivity contribution in [1.82, 2.24) is 36.4 Å². The fourth-order valence-corrected chi connectivity index (χ4v) is 9.78. The first-order valence-electron chi connectivity index (χ1n) is 22.9. The summed E-state index contributed by atoms with van der Waals surface area (Å²) in [5.41, 5.74) is 11.1. The van der Waals surface area contributed by atoms with Crippen molar-refractivity contribution in [2.24, 2.45) is 27.5 Å². The molecule has 3 aliphatic rings. The Morgan fingerprint density at radius 1 is 0.785 bits per heavy atom. The zero-order chi connectivity index (χ0) is 47.2. The third-order valence-electron chi connectivity index (χ3n) is 13.3. The Morgan fingerprint density at radius 2 is 1.46 bits per heavy atom. The molecule has 5 amide bonds. The number of amides is 5. The van der Waals surface area contributed by atoms with E-state index in [0.717, 1.165) is 47.1 Å². The Kier molecular flexibility index (Phi) is 15.4. The Hall–Kier alpha value is -5.80. The number of fused-ring (bicyclic) bond motifs is 2. The molecule has 2 heterocycles. The highest BCUT2D eigenvalue weighted by molar-refractivity contribution is 5.95. The van der Waals surface area contributed by atoms with E-state index in [1.165, 1.54) is 5.56 Å². The van der Waals surface area contributed by atoms with Gasteiger partial charge in [-0.05, 0) is 90.4 Å². The number of carbonyl (C=O) groups is 5. The predicted molar refractivity (Wildman–Crippen MR) is 253 cm³/mol. The minimum absolute atomic E-state index is 0.0312. The number of likely N-dealkylation sites (N-methyl/N-ethyl adjacent to an activating group) is 2. The summed E-state index contributed by atoms with van der Waals surface area (Å²) < 4.78 is 0. The molecule has 3 aromatic rings. The topological polar surface area (TPSA) is 216 Å². The van der Waals surface area contributed by atoms with Crippen molar-refractivity contribution in [3.05, 3.63) is 106 Å². The van der Waals surface area contributed by atoms with E-state index in [0.29, 0.717) is 12.8 Å². The second-order valence-electron chi connectivity index (χ2n) is 20.1. The Labute approximate surface area is 384 Å². The van der Waals surface area contributed by atoms with Crippen LogP contribution >= 0.6 is 0 Å². The number of benzene rings is 3. The van der Waals surface area contributed by atoms with Crippen LogP contribution in [-0.2, 0) is 49.8 Å². The number of nitrogens with two attached hydrogens (primary N) is 2. The van der Waals surface area contributed by atoms with Crippen molar-refractivity contribution < 1.29 is 24.0 Å². The predicted octanol–water partition coefficient (Wildman–Crippen LogP) is 3.16. The van der Waals surface area contributed by atoms with Crippen molar-refractivity contribution in [1.29, 1.82) is 0 Å². The van der Waals surface area contributed by atoms with Crippen LogP contribution in [-0.4, -0.2) is 103 Å². The highest BCUT2D eigenvalue weighted by atomic mass is 16.2. The lowest BCUT2D eigenvalue weighted by Gasteiger charge is -2.41. The van der Waals surface area contributed by atoms with E-state index in [1.54, 1.807) is 23.9 Å². The number of aryl methyl sites for hydroxylation is 1. The van der Waals surface area contributed by atoms with Gasteiger partial charge in [-0.3, -0.25) is 24.0 Å². The van der Waals surface area contributed by atoms with E-state index in [9.17, 15) is 24.0 Å². The second-order valence-corrected chi connectivity index (χ2v) is 20.1.